The zero-order valence-corrected chi connectivity index (χ0v) is 16.2. The van der Waals surface area contributed by atoms with Crippen LogP contribution in [0.4, 0.5) is 0 Å². The lowest BCUT2D eigenvalue weighted by Crippen LogP contribution is -2.45. The zero-order valence-electron chi connectivity index (χ0n) is 15.4. The molecule has 1 amide bonds. The molecule has 1 aromatic rings. The predicted octanol–water partition coefficient (Wildman–Crippen LogP) is 1.79. The van der Waals surface area contributed by atoms with Gasteiger partial charge in [-0.15, -0.1) is 0 Å². The third-order valence-corrected chi connectivity index (χ3v) is 6.69. The largest absolute Gasteiger partial charge is 0.467 e. The third kappa shape index (κ3) is 4.42. The second-order valence-electron chi connectivity index (χ2n) is 6.50. The molecule has 1 aliphatic heterocycles. The number of nitrogens with one attached hydrogen (secondary N) is 1. The molecule has 8 heteroatoms. The number of hydrogen-bond donors (Lipinski definition) is 1. The zero-order chi connectivity index (χ0) is 19.3. The molecule has 1 fully saturated rings. The number of amides is 1. The third-order valence-electron chi connectivity index (χ3n) is 4.77. The average molecular weight is 382 g/mol. The van der Waals surface area contributed by atoms with Crippen LogP contribution >= 0.6 is 0 Å². The first kappa shape index (κ1) is 20.4. The quantitative estimate of drug-likeness (QED) is 0.726. The van der Waals surface area contributed by atoms with Gasteiger partial charge >= 0.3 is 5.97 Å². The van der Waals surface area contributed by atoms with Crippen LogP contribution in [-0.2, 0) is 19.6 Å². The number of nitrogens with zero attached hydrogens (tertiary/aromatic N) is 1. The number of rotatable bonds is 7. The minimum atomic E-state index is -3.51. The van der Waals surface area contributed by atoms with Gasteiger partial charge < -0.3 is 10.1 Å². The van der Waals surface area contributed by atoms with Gasteiger partial charge in [0.1, 0.15) is 6.04 Å². The van der Waals surface area contributed by atoms with Crippen LogP contribution in [0.25, 0.3) is 0 Å². The molecule has 0 unspecified atom stereocenters. The Morgan fingerprint density at radius 2 is 1.77 bits per heavy atom. The molecule has 1 saturated heterocycles. The highest BCUT2D eigenvalue weighted by Gasteiger charge is 2.29. The molecular weight excluding hydrogens is 356 g/mol. The highest BCUT2D eigenvalue weighted by Crippen LogP contribution is 2.21. The Labute approximate surface area is 154 Å². The summed E-state index contributed by atoms with van der Waals surface area (Å²) in [6.07, 6.45) is 2.43. The number of esters is 1. The van der Waals surface area contributed by atoms with Gasteiger partial charge in [0, 0.05) is 18.7 Å². The fraction of sp³-hybridized carbons (Fsp3) is 0.556. The number of sulfonamides is 1. The average Bonchev–Trinajstić information content (AvgIpc) is 3.20. The highest BCUT2D eigenvalue weighted by molar-refractivity contribution is 7.89. The molecule has 1 aromatic carbocycles. The number of methoxy groups -OCH3 is 1. The molecule has 0 radical (unpaired) electrons. The second kappa shape index (κ2) is 8.64. The van der Waals surface area contributed by atoms with Crippen molar-refractivity contribution in [2.24, 2.45) is 5.92 Å². The molecule has 1 N–H and O–H groups in total. The van der Waals surface area contributed by atoms with Gasteiger partial charge in [-0.05, 0) is 43.0 Å². The number of hydrogen-bond acceptors (Lipinski definition) is 5. The summed E-state index contributed by atoms with van der Waals surface area (Å²) in [6, 6.07) is 5.04. The summed E-state index contributed by atoms with van der Waals surface area (Å²) >= 11 is 0. The second-order valence-corrected chi connectivity index (χ2v) is 8.43. The van der Waals surface area contributed by atoms with E-state index in [-0.39, 0.29) is 10.8 Å². The van der Waals surface area contributed by atoms with Gasteiger partial charge in [0.25, 0.3) is 5.91 Å². The number of carbonyl (C=O) groups excluding carboxylic acids is 2. The van der Waals surface area contributed by atoms with E-state index in [2.05, 4.69) is 5.32 Å². The fourth-order valence-corrected chi connectivity index (χ4v) is 4.39. The maximum absolute atomic E-state index is 12.5. The maximum atomic E-state index is 12.5. The van der Waals surface area contributed by atoms with Gasteiger partial charge in [-0.2, -0.15) is 4.31 Å². The van der Waals surface area contributed by atoms with Crippen LogP contribution in [0, 0.1) is 5.92 Å². The molecule has 7 nitrogen and oxygen atoms in total. The van der Waals surface area contributed by atoms with E-state index >= 15 is 0 Å². The van der Waals surface area contributed by atoms with Crippen molar-refractivity contribution in [3.63, 3.8) is 0 Å². The van der Waals surface area contributed by atoms with Crippen LogP contribution in [0.15, 0.2) is 29.2 Å². The van der Waals surface area contributed by atoms with Crippen LogP contribution in [0.1, 0.15) is 43.5 Å². The van der Waals surface area contributed by atoms with Crippen LogP contribution in [0.2, 0.25) is 0 Å². The minimum Gasteiger partial charge on any atom is -0.467 e. The van der Waals surface area contributed by atoms with Gasteiger partial charge in [0.15, 0.2) is 0 Å². The van der Waals surface area contributed by atoms with E-state index in [1.165, 1.54) is 35.7 Å². The van der Waals surface area contributed by atoms with E-state index in [1.54, 1.807) is 0 Å². The van der Waals surface area contributed by atoms with Gasteiger partial charge in [0.05, 0.1) is 12.0 Å². The maximum Gasteiger partial charge on any atom is 0.328 e. The Bertz CT molecular complexity index is 739. The van der Waals surface area contributed by atoms with Gasteiger partial charge in [-0.25, -0.2) is 13.2 Å². The lowest BCUT2D eigenvalue weighted by Gasteiger charge is -2.22. The SMILES string of the molecule is CC[C@@H](C)[C@@H](NC(=O)c1ccc(S(=O)(=O)N2CCCC2)cc1)C(=O)OC. The van der Waals surface area contributed by atoms with Crippen molar-refractivity contribution in [1.29, 1.82) is 0 Å². The molecule has 0 aromatic heterocycles. The van der Waals surface area contributed by atoms with Crippen molar-refractivity contribution < 1.29 is 22.7 Å². The lowest BCUT2D eigenvalue weighted by atomic mass is 9.99. The minimum absolute atomic E-state index is 0.0822. The predicted molar refractivity (Wildman–Crippen MR) is 97.2 cm³/mol. The van der Waals surface area contributed by atoms with Crippen LogP contribution in [0.5, 0.6) is 0 Å². The molecule has 2 rings (SSSR count). The number of carbonyl (C=O) groups is 2. The van der Waals surface area contributed by atoms with Crippen molar-refractivity contribution in [2.75, 3.05) is 20.2 Å². The fourth-order valence-electron chi connectivity index (χ4n) is 2.88. The Balaban J connectivity index is 2.14. The Morgan fingerprint density at radius 3 is 2.27 bits per heavy atom. The monoisotopic (exact) mass is 382 g/mol. The molecule has 0 saturated carbocycles. The summed E-state index contributed by atoms with van der Waals surface area (Å²) in [4.78, 5) is 24.5. The van der Waals surface area contributed by atoms with Gasteiger partial charge in [-0.3, -0.25) is 4.79 Å². The normalized spacial score (nSPS) is 17.5. The summed E-state index contributed by atoms with van der Waals surface area (Å²) in [5.74, 6) is -1.02. The first-order valence-corrected chi connectivity index (χ1v) is 10.2. The van der Waals surface area contributed by atoms with Crippen molar-refractivity contribution in [1.82, 2.24) is 9.62 Å². The highest BCUT2D eigenvalue weighted by atomic mass is 32.2. The first-order chi connectivity index (χ1) is 12.3. The van der Waals surface area contributed by atoms with Crippen molar-refractivity contribution >= 4 is 21.9 Å². The van der Waals surface area contributed by atoms with Crippen LogP contribution in [0.3, 0.4) is 0 Å². The van der Waals surface area contributed by atoms with Crippen LogP contribution in [-0.4, -0.2) is 50.8 Å². The van der Waals surface area contributed by atoms with E-state index in [0.29, 0.717) is 25.1 Å². The van der Waals surface area contributed by atoms with Crippen molar-refractivity contribution in [2.45, 2.75) is 44.0 Å². The van der Waals surface area contributed by atoms with E-state index in [4.69, 9.17) is 4.74 Å². The van der Waals surface area contributed by atoms with Gasteiger partial charge in [0.2, 0.25) is 10.0 Å². The Morgan fingerprint density at radius 1 is 1.19 bits per heavy atom. The summed E-state index contributed by atoms with van der Waals surface area (Å²) < 4.78 is 31.2. The molecule has 1 aliphatic rings. The summed E-state index contributed by atoms with van der Waals surface area (Å²) in [5, 5.41) is 2.67. The number of ether oxygens (including phenoxy) is 1. The van der Waals surface area contributed by atoms with E-state index < -0.39 is 27.9 Å². The molecule has 144 valence electrons. The molecular formula is C18H26N2O5S. The summed E-state index contributed by atoms with van der Waals surface area (Å²) in [5.41, 5.74) is 0.294. The van der Waals surface area contributed by atoms with E-state index in [1.807, 2.05) is 13.8 Å². The van der Waals surface area contributed by atoms with Crippen molar-refractivity contribution in [3.05, 3.63) is 29.8 Å². The van der Waals surface area contributed by atoms with E-state index in [9.17, 15) is 18.0 Å². The summed E-state index contributed by atoms with van der Waals surface area (Å²) in [6.45, 7) is 4.83. The molecule has 0 aliphatic carbocycles. The van der Waals surface area contributed by atoms with Crippen LogP contribution < -0.4 is 5.32 Å². The Kier molecular flexibility index (Phi) is 6.77. The Hall–Kier alpha value is -1.93. The first-order valence-electron chi connectivity index (χ1n) is 8.80. The van der Waals surface area contributed by atoms with Crippen molar-refractivity contribution in [3.8, 4) is 0 Å². The van der Waals surface area contributed by atoms with Gasteiger partial charge in [-0.1, -0.05) is 20.3 Å². The lowest BCUT2D eigenvalue weighted by molar-refractivity contribution is -0.144. The number of benzene rings is 1. The smallest absolute Gasteiger partial charge is 0.328 e. The molecule has 0 spiro atoms. The molecule has 26 heavy (non-hydrogen) atoms. The summed E-state index contributed by atoms with van der Waals surface area (Å²) in [7, 11) is -2.23. The molecule has 0 bridgehead atoms. The standard InChI is InChI=1S/C18H26N2O5S/c1-4-13(2)16(18(22)25-3)19-17(21)14-7-9-15(10-8-14)26(23,24)20-11-5-6-12-20/h7-10,13,16H,4-6,11-12H2,1-3H3,(H,19,21)/t13-,16-/m1/s1. The van der Waals surface area contributed by atoms with E-state index in [0.717, 1.165) is 12.8 Å². The topological polar surface area (TPSA) is 92.8 Å². The molecule has 1 heterocycles. The molecule has 2 atom stereocenters.